The number of rotatable bonds is 12. The van der Waals surface area contributed by atoms with Gasteiger partial charge >= 0.3 is 0 Å². The van der Waals surface area contributed by atoms with Gasteiger partial charge in [0.1, 0.15) is 11.5 Å². The maximum absolute atomic E-state index is 13.1. The Morgan fingerprint density at radius 3 is 2.52 bits per heavy atom. The number of ketones is 1. The number of allylic oxidation sites excluding steroid dienone is 1. The molecule has 0 spiro atoms. The molecule has 0 bridgehead atoms. The maximum Gasteiger partial charge on any atom is 0.290 e. The first-order valence-corrected chi connectivity index (χ1v) is 11.4. The smallest absolute Gasteiger partial charge is 0.290 e. The lowest BCUT2D eigenvalue weighted by Crippen LogP contribution is -2.34. The van der Waals surface area contributed by atoms with E-state index in [1.165, 1.54) is 18.4 Å². The Morgan fingerprint density at radius 2 is 1.91 bits per heavy atom. The maximum atomic E-state index is 13.1. The SMILES string of the molecule is CCOc1ccc(C2C(C(=O)/C=C/c3ccco3)=C(O)C(=O)N2CCCN(CC)CC)cc1. The van der Waals surface area contributed by atoms with Crippen molar-refractivity contribution in [2.75, 3.05) is 32.8 Å². The van der Waals surface area contributed by atoms with Crippen LogP contribution < -0.4 is 4.74 Å². The molecule has 1 amide bonds. The zero-order valence-corrected chi connectivity index (χ0v) is 19.5. The lowest BCUT2D eigenvalue weighted by Gasteiger charge is -2.28. The molecule has 0 saturated heterocycles. The van der Waals surface area contributed by atoms with E-state index in [4.69, 9.17) is 9.15 Å². The molecule has 0 fully saturated rings. The summed E-state index contributed by atoms with van der Waals surface area (Å²) in [6, 6.07) is 10.1. The molecule has 0 radical (unpaired) electrons. The summed E-state index contributed by atoms with van der Waals surface area (Å²) >= 11 is 0. The summed E-state index contributed by atoms with van der Waals surface area (Å²) in [5.41, 5.74) is 0.822. The van der Waals surface area contributed by atoms with Gasteiger partial charge in [0, 0.05) is 6.54 Å². The van der Waals surface area contributed by atoms with E-state index in [1.54, 1.807) is 17.0 Å². The van der Waals surface area contributed by atoms with E-state index in [1.807, 2.05) is 31.2 Å². The van der Waals surface area contributed by atoms with Gasteiger partial charge < -0.3 is 24.1 Å². The van der Waals surface area contributed by atoms with Gasteiger partial charge in [-0.3, -0.25) is 9.59 Å². The van der Waals surface area contributed by atoms with Crippen LogP contribution >= 0.6 is 0 Å². The van der Waals surface area contributed by atoms with Gasteiger partial charge in [0.15, 0.2) is 11.5 Å². The monoisotopic (exact) mass is 452 g/mol. The molecule has 1 aliphatic rings. The normalized spacial score (nSPS) is 16.4. The molecule has 7 nitrogen and oxygen atoms in total. The Morgan fingerprint density at radius 1 is 1.18 bits per heavy atom. The highest BCUT2D eigenvalue weighted by molar-refractivity contribution is 6.14. The predicted molar refractivity (Wildman–Crippen MR) is 127 cm³/mol. The van der Waals surface area contributed by atoms with E-state index >= 15 is 0 Å². The number of carbonyl (C=O) groups is 2. The van der Waals surface area contributed by atoms with Gasteiger partial charge in [-0.05, 0) is 75.0 Å². The van der Waals surface area contributed by atoms with Crippen molar-refractivity contribution < 1.29 is 23.8 Å². The third kappa shape index (κ3) is 5.73. The minimum atomic E-state index is -0.668. The highest BCUT2D eigenvalue weighted by Crippen LogP contribution is 2.38. The van der Waals surface area contributed by atoms with Crippen LogP contribution in [0.5, 0.6) is 5.75 Å². The van der Waals surface area contributed by atoms with Crippen molar-refractivity contribution in [3.63, 3.8) is 0 Å². The van der Waals surface area contributed by atoms with E-state index in [-0.39, 0.29) is 5.57 Å². The fourth-order valence-corrected chi connectivity index (χ4v) is 4.03. The second-order valence-electron chi connectivity index (χ2n) is 7.76. The molecule has 3 rings (SSSR count). The van der Waals surface area contributed by atoms with Crippen molar-refractivity contribution in [1.29, 1.82) is 0 Å². The number of benzene rings is 1. The van der Waals surface area contributed by atoms with Gasteiger partial charge in [0.05, 0.1) is 24.5 Å². The van der Waals surface area contributed by atoms with E-state index in [0.717, 1.165) is 31.6 Å². The Hall–Kier alpha value is -3.32. The van der Waals surface area contributed by atoms with E-state index in [2.05, 4.69) is 18.7 Å². The molecule has 1 aliphatic heterocycles. The lowest BCUT2D eigenvalue weighted by atomic mass is 9.95. The Balaban J connectivity index is 1.89. The fraction of sp³-hybridized carbons (Fsp3) is 0.385. The summed E-state index contributed by atoms with van der Waals surface area (Å²) in [6.45, 7) is 9.76. The Labute approximate surface area is 194 Å². The van der Waals surface area contributed by atoms with Gasteiger partial charge in [-0.1, -0.05) is 26.0 Å². The molecule has 1 unspecified atom stereocenters. The summed E-state index contributed by atoms with van der Waals surface area (Å²) in [6.07, 6.45) is 5.11. The zero-order chi connectivity index (χ0) is 23.8. The van der Waals surface area contributed by atoms with Crippen molar-refractivity contribution in [3.8, 4) is 5.75 Å². The van der Waals surface area contributed by atoms with E-state index in [0.29, 0.717) is 24.7 Å². The number of nitrogens with zero attached hydrogens (tertiary/aromatic N) is 2. The number of aliphatic hydroxyl groups is 1. The van der Waals surface area contributed by atoms with Gasteiger partial charge in [-0.2, -0.15) is 0 Å². The zero-order valence-electron chi connectivity index (χ0n) is 19.5. The first kappa shape index (κ1) is 24.3. The van der Waals surface area contributed by atoms with Crippen molar-refractivity contribution in [3.05, 3.63) is 71.4 Å². The molecular weight excluding hydrogens is 420 g/mol. The number of ether oxygens (including phenoxy) is 1. The highest BCUT2D eigenvalue weighted by atomic mass is 16.5. The quantitative estimate of drug-likeness (QED) is 0.481. The Kier molecular flexibility index (Phi) is 8.49. The topological polar surface area (TPSA) is 83.2 Å². The number of hydrogen-bond acceptors (Lipinski definition) is 6. The first-order valence-electron chi connectivity index (χ1n) is 11.4. The van der Waals surface area contributed by atoms with Crippen LogP contribution in [0.4, 0.5) is 0 Å². The first-order chi connectivity index (χ1) is 16.0. The lowest BCUT2D eigenvalue weighted by molar-refractivity contribution is -0.129. The molecule has 2 aromatic rings. The van der Waals surface area contributed by atoms with Crippen LogP contribution in [0, 0.1) is 0 Å². The van der Waals surface area contributed by atoms with Gasteiger partial charge in [-0.15, -0.1) is 0 Å². The molecule has 1 aromatic heterocycles. The summed E-state index contributed by atoms with van der Waals surface area (Å²) in [5, 5.41) is 10.7. The summed E-state index contributed by atoms with van der Waals surface area (Å²) in [7, 11) is 0. The number of furan rings is 1. The molecule has 0 saturated carbocycles. The van der Waals surface area contributed by atoms with E-state index in [9.17, 15) is 14.7 Å². The summed E-state index contributed by atoms with van der Waals surface area (Å²) < 4.78 is 10.8. The van der Waals surface area contributed by atoms with Crippen molar-refractivity contribution >= 4 is 17.8 Å². The largest absolute Gasteiger partial charge is 0.503 e. The highest BCUT2D eigenvalue weighted by Gasteiger charge is 2.42. The van der Waals surface area contributed by atoms with E-state index < -0.39 is 23.5 Å². The van der Waals surface area contributed by atoms with Crippen LogP contribution in [0.15, 0.2) is 64.5 Å². The predicted octanol–water partition coefficient (Wildman–Crippen LogP) is 4.39. The third-order valence-electron chi connectivity index (χ3n) is 5.79. The number of hydrogen-bond donors (Lipinski definition) is 1. The summed E-state index contributed by atoms with van der Waals surface area (Å²) in [4.78, 5) is 30.0. The van der Waals surface area contributed by atoms with Crippen LogP contribution in [-0.2, 0) is 9.59 Å². The minimum absolute atomic E-state index is 0.0785. The number of amides is 1. The van der Waals surface area contributed by atoms with Gasteiger partial charge in [0.25, 0.3) is 5.91 Å². The minimum Gasteiger partial charge on any atom is -0.503 e. The number of aliphatic hydroxyl groups excluding tert-OH is 1. The molecule has 1 N–H and O–H groups in total. The average Bonchev–Trinajstić information content (AvgIpc) is 3.43. The average molecular weight is 453 g/mol. The van der Waals surface area contributed by atoms with Gasteiger partial charge in [-0.25, -0.2) is 0 Å². The van der Waals surface area contributed by atoms with Crippen molar-refractivity contribution in [2.45, 2.75) is 33.2 Å². The summed E-state index contributed by atoms with van der Waals surface area (Å²) in [5.74, 6) is -0.227. The molecular formula is C26H32N2O5. The van der Waals surface area contributed by atoms with Crippen LogP contribution in [-0.4, -0.2) is 59.4 Å². The van der Waals surface area contributed by atoms with Crippen molar-refractivity contribution in [2.24, 2.45) is 0 Å². The van der Waals surface area contributed by atoms with Crippen LogP contribution in [0.3, 0.4) is 0 Å². The van der Waals surface area contributed by atoms with Crippen LogP contribution in [0.2, 0.25) is 0 Å². The van der Waals surface area contributed by atoms with Crippen LogP contribution in [0.1, 0.15) is 44.6 Å². The molecule has 7 heteroatoms. The van der Waals surface area contributed by atoms with Crippen molar-refractivity contribution in [1.82, 2.24) is 9.80 Å². The second-order valence-corrected chi connectivity index (χ2v) is 7.76. The van der Waals surface area contributed by atoms with Crippen LogP contribution in [0.25, 0.3) is 6.08 Å². The third-order valence-corrected chi connectivity index (χ3v) is 5.79. The fourth-order valence-electron chi connectivity index (χ4n) is 4.03. The molecule has 0 aliphatic carbocycles. The van der Waals surface area contributed by atoms with Gasteiger partial charge in [0.2, 0.25) is 0 Å². The molecule has 176 valence electrons. The standard InChI is InChI=1S/C26H32N2O5/c1-4-27(5-2)16-8-17-28-24(19-10-12-21(13-11-19)32-6-3)23(25(30)26(28)31)22(29)15-14-20-9-7-18-33-20/h7,9-15,18,24,30H,4-6,8,16-17H2,1-3H3/b15-14+. The molecule has 2 heterocycles. The molecule has 33 heavy (non-hydrogen) atoms. The molecule has 1 aromatic carbocycles. The molecule has 1 atom stereocenters. The number of carbonyl (C=O) groups excluding carboxylic acids is 2. The second kappa shape index (κ2) is 11.5. The Bertz CT molecular complexity index is 988.